The van der Waals surface area contributed by atoms with Crippen LogP contribution in [0.15, 0.2) is 53.5 Å². The van der Waals surface area contributed by atoms with Crippen LogP contribution in [-0.4, -0.2) is 35.4 Å². The number of carbonyl (C=O) groups excluding carboxylic acids is 1. The first kappa shape index (κ1) is 17.5. The van der Waals surface area contributed by atoms with Crippen LogP contribution in [0.4, 0.5) is 9.18 Å². The molecule has 0 unspecified atom stereocenters. The van der Waals surface area contributed by atoms with Gasteiger partial charge in [0.1, 0.15) is 19.2 Å². The number of urea groups is 1. The van der Waals surface area contributed by atoms with Crippen molar-refractivity contribution in [2.75, 3.05) is 13.2 Å². The average molecular weight is 353 g/mol. The second kappa shape index (κ2) is 7.68. The first-order chi connectivity index (χ1) is 12.6. The highest BCUT2D eigenvalue weighted by Gasteiger charge is 2.24. The molecular formula is C19H16FN3O3. The van der Waals surface area contributed by atoms with Crippen LogP contribution in [0.3, 0.4) is 0 Å². The molecule has 0 aliphatic carbocycles. The molecule has 3 rings (SSSR count). The minimum Gasteiger partial charge on any atom is -0.475 e. The Morgan fingerprint density at radius 2 is 2.08 bits per heavy atom. The number of benzene rings is 2. The van der Waals surface area contributed by atoms with E-state index in [1.54, 1.807) is 12.1 Å². The van der Waals surface area contributed by atoms with Gasteiger partial charge in [0, 0.05) is 0 Å². The maximum atomic E-state index is 14.7. The lowest BCUT2D eigenvalue weighted by Crippen LogP contribution is -2.32. The van der Waals surface area contributed by atoms with Crippen molar-refractivity contribution in [1.29, 1.82) is 0 Å². The number of hydrogen-bond acceptors (Lipinski definition) is 4. The fourth-order valence-corrected chi connectivity index (χ4v) is 2.45. The third kappa shape index (κ3) is 3.82. The fraction of sp³-hybridized carbons (Fsp3) is 0.158. The van der Waals surface area contributed by atoms with Gasteiger partial charge >= 0.3 is 6.03 Å². The lowest BCUT2D eigenvalue weighted by Gasteiger charge is -2.06. The number of nitrogens with two attached hydrogens (primary N) is 1. The average Bonchev–Trinajstić information content (AvgIpc) is 3.13. The molecule has 132 valence electrons. The number of ether oxygens (including phenoxy) is 1. The zero-order chi connectivity index (χ0) is 18.5. The molecule has 1 atom stereocenters. The highest BCUT2D eigenvalue weighted by atomic mass is 19.1. The molecule has 0 saturated heterocycles. The van der Waals surface area contributed by atoms with Gasteiger partial charge in [-0.1, -0.05) is 48.2 Å². The maximum absolute atomic E-state index is 14.7. The molecule has 1 aliphatic rings. The summed E-state index contributed by atoms with van der Waals surface area (Å²) in [5.41, 5.74) is 6.19. The highest BCUT2D eigenvalue weighted by Crippen LogP contribution is 2.26. The fourth-order valence-electron chi connectivity index (χ4n) is 2.45. The van der Waals surface area contributed by atoms with Gasteiger partial charge in [0.25, 0.3) is 0 Å². The third-order valence-corrected chi connectivity index (χ3v) is 3.77. The van der Waals surface area contributed by atoms with Crippen molar-refractivity contribution in [3.63, 3.8) is 0 Å². The number of nitrogens with zero attached hydrogens (tertiary/aromatic N) is 2. The normalized spacial score (nSPS) is 15.5. The Labute approximate surface area is 149 Å². The van der Waals surface area contributed by atoms with E-state index in [2.05, 4.69) is 16.8 Å². The summed E-state index contributed by atoms with van der Waals surface area (Å²) in [6.07, 6.45) is 0. The van der Waals surface area contributed by atoms with Crippen molar-refractivity contribution in [1.82, 2.24) is 5.06 Å². The summed E-state index contributed by atoms with van der Waals surface area (Å²) in [6, 6.07) is 13.1. The summed E-state index contributed by atoms with van der Waals surface area (Å²) in [4.78, 5) is 15.2. The molecule has 7 heteroatoms. The van der Waals surface area contributed by atoms with E-state index in [0.29, 0.717) is 6.61 Å². The molecule has 2 amide bonds. The molecule has 0 saturated carbocycles. The van der Waals surface area contributed by atoms with Gasteiger partial charge in [0.2, 0.25) is 5.90 Å². The van der Waals surface area contributed by atoms with E-state index in [9.17, 15) is 9.18 Å². The number of rotatable bonds is 3. The first-order valence-electron chi connectivity index (χ1n) is 7.85. The summed E-state index contributed by atoms with van der Waals surface area (Å²) in [5, 5.41) is 9.40. The quantitative estimate of drug-likeness (QED) is 0.505. The Morgan fingerprint density at radius 3 is 2.81 bits per heavy atom. The molecule has 0 bridgehead atoms. The second-order valence-electron chi connectivity index (χ2n) is 5.54. The summed E-state index contributed by atoms with van der Waals surface area (Å²) >= 11 is 0. The SMILES string of the molecule is NC(=O)N(O)CC#Cc1cccc(C2=N[C@H](c3ccccc3)CO2)c1F. The minimum atomic E-state index is -1.03. The van der Waals surface area contributed by atoms with Gasteiger partial charge in [-0.15, -0.1) is 0 Å². The molecule has 2 aromatic carbocycles. The van der Waals surface area contributed by atoms with Gasteiger partial charge < -0.3 is 10.5 Å². The summed E-state index contributed by atoms with van der Waals surface area (Å²) in [5.74, 6) is 4.69. The smallest absolute Gasteiger partial charge is 0.339 e. The van der Waals surface area contributed by atoms with Crippen molar-refractivity contribution in [2.24, 2.45) is 10.7 Å². The van der Waals surface area contributed by atoms with Gasteiger partial charge in [0.05, 0.1) is 11.1 Å². The predicted octanol–water partition coefficient (Wildman–Crippen LogP) is 2.47. The van der Waals surface area contributed by atoms with E-state index in [-0.39, 0.29) is 34.7 Å². The monoisotopic (exact) mass is 353 g/mol. The van der Waals surface area contributed by atoms with Crippen molar-refractivity contribution < 1.29 is 19.1 Å². The number of carbonyl (C=O) groups is 1. The lowest BCUT2D eigenvalue weighted by atomic mass is 10.1. The van der Waals surface area contributed by atoms with Crippen LogP contribution in [0, 0.1) is 17.7 Å². The van der Waals surface area contributed by atoms with Crippen molar-refractivity contribution >= 4 is 11.9 Å². The van der Waals surface area contributed by atoms with Crippen LogP contribution in [-0.2, 0) is 4.74 Å². The van der Waals surface area contributed by atoms with Crippen molar-refractivity contribution in [3.8, 4) is 11.8 Å². The molecule has 1 aliphatic heterocycles. The third-order valence-electron chi connectivity index (χ3n) is 3.77. The van der Waals surface area contributed by atoms with E-state index in [0.717, 1.165) is 5.56 Å². The Bertz CT molecular complexity index is 903. The Kier molecular flexibility index (Phi) is 5.15. The van der Waals surface area contributed by atoms with Crippen LogP contribution in [0.1, 0.15) is 22.7 Å². The number of primary amides is 1. The topological polar surface area (TPSA) is 88.2 Å². The minimum absolute atomic E-state index is 0.106. The van der Waals surface area contributed by atoms with Crippen LogP contribution < -0.4 is 5.73 Å². The molecule has 3 N–H and O–H groups in total. The summed E-state index contributed by atoms with van der Waals surface area (Å²) < 4.78 is 20.3. The molecular weight excluding hydrogens is 337 g/mol. The Morgan fingerprint density at radius 1 is 1.31 bits per heavy atom. The Hall–Kier alpha value is -3.37. The maximum Gasteiger partial charge on any atom is 0.339 e. The number of halogens is 1. The molecule has 0 radical (unpaired) electrons. The molecule has 2 aromatic rings. The van der Waals surface area contributed by atoms with Crippen molar-refractivity contribution in [3.05, 3.63) is 71.0 Å². The number of aliphatic imine (C=N–C) groups is 1. The van der Waals surface area contributed by atoms with Crippen LogP contribution in [0.5, 0.6) is 0 Å². The van der Waals surface area contributed by atoms with E-state index >= 15 is 0 Å². The van der Waals surface area contributed by atoms with Gasteiger partial charge in [0.15, 0.2) is 5.82 Å². The van der Waals surface area contributed by atoms with Crippen LogP contribution >= 0.6 is 0 Å². The molecule has 6 nitrogen and oxygen atoms in total. The molecule has 0 fully saturated rings. The predicted molar refractivity (Wildman–Crippen MR) is 93.0 cm³/mol. The van der Waals surface area contributed by atoms with E-state index < -0.39 is 11.8 Å². The molecule has 0 spiro atoms. The van der Waals surface area contributed by atoms with Gasteiger partial charge in [-0.2, -0.15) is 5.06 Å². The van der Waals surface area contributed by atoms with Crippen LogP contribution in [0.2, 0.25) is 0 Å². The van der Waals surface area contributed by atoms with E-state index in [4.69, 9.17) is 15.7 Å². The van der Waals surface area contributed by atoms with Gasteiger partial charge in [-0.25, -0.2) is 14.2 Å². The summed E-state index contributed by atoms with van der Waals surface area (Å²) in [7, 11) is 0. The zero-order valence-electron chi connectivity index (χ0n) is 13.7. The highest BCUT2D eigenvalue weighted by molar-refractivity contribution is 5.95. The van der Waals surface area contributed by atoms with Crippen LogP contribution in [0.25, 0.3) is 0 Å². The standard InChI is InChI=1S/C19H16FN3O3/c20-17-14(9-5-11-23(25)19(21)24)8-4-10-15(17)18-22-16(12-26-18)13-6-2-1-3-7-13/h1-4,6-8,10,16,25H,11-12H2,(H2,21,24)/t16-/m0/s1. The molecule has 26 heavy (non-hydrogen) atoms. The van der Waals surface area contributed by atoms with E-state index in [1.807, 2.05) is 30.3 Å². The molecule has 0 aromatic heterocycles. The lowest BCUT2D eigenvalue weighted by molar-refractivity contribution is -0.0269. The number of amides is 2. The second-order valence-corrected chi connectivity index (χ2v) is 5.54. The summed E-state index contributed by atoms with van der Waals surface area (Å²) in [6.45, 7) is 0.0132. The first-order valence-corrected chi connectivity index (χ1v) is 7.85. The van der Waals surface area contributed by atoms with Gasteiger partial charge in [-0.05, 0) is 17.7 Å². The van der Waals surface area contributed by atoms with E-state index in [1.165, 1.54) is 6.07 Å². The largest absolute Gasteiger partial charge is 0.475 e. The van der Waals surface area contributed by atoms with Gasteiger partial charge in [-0.3, -0.25) is 5.21 Å². The number of hydrogen-bond donors (Lipinski definition) is 2. The Balaban J connectivity index is 1.82. The number of hydroxylamine groups is 2. The van der Waals surface area contributed by atoms with Crippen molar-refractivity contribution in [2.45, 2.75) is 6.04 Å². The molecule has 1 heterocycles. The zero-order valence-corrected chi connectivity index (χ0v) is 13.7.